The molecule has 3 nitrogen and oxygen atoms in total. The first kappa shape index (κ1) is 34.5. The van der Waals surface area contributed by atoms with Gasteiger partial charge < -0.3 is 14.2 Å². The lowest BCUT2D eigenvalue weighted by molar-refractivity contribution is 0.664. The van der Waals surface area contributed by atoms with Crippen molar-refractivity contribution in [1.29, 1.82) is 0 Å². The van der Waals surface area contributed by atoms with Crippen molar-refractivity contribution in [3.63, 3.8) is 0 Å². The molecular formula is C56H51N3Si. The largest absolute Gasteiger partial charge is 0.310 e. The first-order valence-electron chi connectivity index (χ1n) is 22.3. The van der Waals surface area contributed by atoms with Gasteiger partial charge in [0.1, 0.15) is 0 Å². The van der Waals surface area contributed by atoms with Crippen molar-refractivity contribution in [2.45, 2.75) is 65.1 Å². The molecule has 7 aromatic carbocycles. The van der Waals surface area contributed by atoms with Crippen LogP contribution >= 0.6 is 0 Å². The number of fused-ring (bicyclic) bond motifs is 10. The summed E-state index contributed by atoms with van der Waals surface area (Å²) in [7, 11) is -1.48. The molecule has 0 radical (unpaired) electrons. The molecule has 2 aliphatic rings. The highest BCUT2D eigenvalue weighted by molar-refractivity contribution is 6.88. The summed E-state index contributed by atoms with van der Waals surface area (Å²) in [5.41, 5.74) is 19.1. The topological polar surface area (TPSA) is 10.9 Å². The number of rotatable bonds is 7. The van der Waals surface area contributed by atoms with Crippen molar-refractivity contribution in [2.75, 3.05) is 9.80 Å². The molecule has 0 bridgehead atoms. The van der Waals surface area contributed by atoms with Crippen molar-refractivity contribution < 1.29 is 2.74 Å². The molecule has 294 valence electrons. The number of benzene rings is 7. The molecule has 0 amide bonds. The minimum Gasteiger partial charge on any atom is -0.310 e. The minimum absolute atomic E-state index is 0.258. The van der Waals surface area contributed by atoms with E-state index in [1.54, 1.807) is 0 Å². The van der Waals surface area contributed by atoms with E-state index in [-0.39, 0.29) is 10.8 Å². The maximum atomic E-state index is 8.26. The lowest BCUT2D eigenvalue weighted by atomic mass is 9.79. The fourth-order valence-corrected chi connectivity index (χ4v) is 11.8. The van der Waals surface area contributed by atoms with Gasteiger partial charge in [0, 0.05) is 66.9 Å². The highest BCUT2D eigenvalue weighted by Crippen LogP contribution is 2.61. The Morgan fingerprint density at radius 2 is 0.883 bits per heavy atom. The molecule has 2 aromatic heterocycles. The molecule has 0 atom stereocenters. The first-order valence-corrected chi connectivity index (χ1v) is 24.8. The summed E-state index contributed by atoms with van der Waals surface area (Å²) in [4.78, 5) is 4.67. The van der Waals surface area contributed by atoms with Crippen LogP contribution in [0.4, 0.5) is 34.1 Å². The average Bonchev–Trinajstić information content (AvgIpc) is 3.92. The number of hydrogen-bond acceptors (Lipinski definition) is 2. The molecule has 0 N–H and O–H groups in total. The highest BCUT2D eigenvalue weighted by atomic mass is 28.3. The average molecular weight is 796 g/mol. The lowest BCUT2D eigenvalue weighted by Crippen LogP contribution is -2.37. The monoisotopic (exact) mass is 795 g/mol. The minimum atomic E-state index is -1.48. The summed E-state index contributed by atoms with van der Waals surface area (Å²) < 4.78 is 19.1. The van der Waals surface area contributed by atoms with E-state index in [1.807, 2.05) is 24.3 Å². The van der Waals surface area contributed by atoms with Crippen LogP contribution in [0.25, 0.3) is 38.8 Å². The van der Waals surface area contributed by atoms with Gasteiger partial charge in [-0.05, 0) is 102 Å². The predicted octanol–water partition coefficient (Wildman–Crippen LogP) is 14.9. The Kier molecular flexibility index (Phi) is 7.37. The van der Waals surface area contributed by atoms with Gasteiger partial charge in [0.15, 0.2) is 0 Å². The molecule has 0 spiro atoms. The van der Waals surface area contributed by atoms with Crippen LogP contribution in [0, 0.1) is 6.92 Å². The SMILES string of the molecule is [2H]c1ccc(N(c2ccc(C)cc2)c2ccc3c(c2)C(C)(C)c2c-3n3c4c(c5cccc2c53)C(C)(C)c2cc(N(c3ccc([2H])cc3)c3ccc([Si](C)(C)C)cc3)ccc2-4)cc1. The van der Waals surface area contributed by atoms with Gasteiger partial charge >= 0.3 is 0 Å². The third-order valence-corrected chi connectivity index (χ3v) is 15.6. The van der Waals surface area contributed by atoms with E-state index >= 15 is 0 Å². The zero-order valence-corrected chi connectivity index (χ0v) is 36.8. The smallest absolute Gasteiger partial charge is 0.0775 e. The summed E-state index contributed by atoms with van der Waals surface area (Å²) in [6, 6.07) is 55.8. The Morgan fingerprint density at radius 3 is 1.32 bits per heavy atom. The number of hydrogen-bond donors (Lipinski definition) is 0. The second kappa shape index (κ2) is 12.8. The van der Waals surface area contributed by atoms with Crippen LogP contribution in [0.5, 0.6) is 0 Å². The van der Waals surface area contributed by atoms with Crippen LogP contribution in [0.15, 0.2) is 164 Å². The van der Waals surface area contributed by atoms with E-state index in [9.17, 15) is 0 Å². The molecule has 0 fully saturated rings. The van der Waals surface area contributed by atoms with Crippen LogP contribution in [0.1, 0.15) is 58.3 Å². The van der Waals surface area contributed by atoms with Crippen LogP contribution in [0.2, 0.25) is 19.6 Å². The van der Waals surface area contributed by atoms with Gasteiger partial charge in [-0.2, -0.15) is 0 Å². The molecule has 9 aromatic rings. The van der Waals surface area contributed by atoms with Crippen LogP contribution < -0.4 is 15.0 Å². The number of nitrogens with zero attached hydrogens (tertiary/aromatic N) is 3. The molecular weight excluding hydrogens is 743 g/mol. The van der Waals surface area contributed by atoms with E-state index in [0.717, 1.165) is 34.1 Å². The summed E-state index contributed by atoms with van der Waals surface area (Å²) in [6.07, 6.45) is 0. The zero-order chi connectivity index (χ0) is 43.0. The first-order chi connectivity index (χ1) is 29.6. The summed E-state index contributed by atoms with van der Waals surface area (Å²) in [5, 5.41) is 4.10. The normalized spacial score (nSPS) is 15.1. The van der Waals surface area contributed by atoms with Gasteiger partial charge in [-0.3, -0.25) is 0 Å². The third-order valence-electron chi connectivity index (χ3n) is 13.6. The Hall–Kier alpha value is -6.36. The maximum Gasteiger partial charge on any atom is 0.0775 e. The molecule has 2 heterocycles. The van der Waals surface area contributed by atoms with Gasteiger partial charge in [-0.15, -0.1) is 0 Å². The van der Waals surface area contributed by atoms with Crippen molar-refractivity contribution >= 4 is 63.7 Å². The van der Waals surface area contributed by atoms with E-state index in [4.69, 9.17) is 2.74 Å². The fourth-order valence-electron chi connectivity index (χ4n) is 10.6. The maximum absolute atomic E-state index is 8.26. The second-order valence-corrected chi connectivity index (χ2v) is 24.1. The van der Waals surface area contributed by atoms with Crippen molar-refractivity contribution in [1.82, 2.24) is 4.40 Å². The Labute approximate surface area is 358 Å². The van der Waals surface area contributed by atoms with Gasteiger partial charge in [-0.25, -0.2) is 0 Å². The fraction of sp³-hybridized carbons (Fsp3) is 0.179. The second-order valence-electron chi connectivity index (χ2n) is 19.0. The molecule has 4 heteroatoms. The van der Waals surface area contributed by atoms with Gasteiger partial charge in [0.25, 0.3) is 0 Å². The van der Waals surface area contributed by atoms with Crippen LogP contribution in [-0.2, 0) is 10.8 Å². The molecule has 0 saturated heterocycles. The Bertz CT molecular complexity index is 3180. The molecule has 60 heavy (non-hydrogen) atoms. The molecule has 2 aliphatic carbocycles. The molecule has 11 rings (SSSR count). The Morgan fingerprint density at radius 1 is 0.483 bits per heavy atom. The number of anilines is 6. The summed E-state index contributed by atoms with van der Waals surface area (Å²) >= 11 is 0. The number of aryl methyl sites for hydroxylation is 1. The van der Waals surface area contributed by atoms with Gasteiger partial charge in [-0.1, -0.05) is 149 Å². The number of para-hydroxylation sites is 3. The lowest BCUT2D eigenvalue weighted by Gasteiger charge is -2.29. The standard InChI is InChI=1S/C56H51N3Si/c1-36-22-24-39(25-23-36)57(37-16-11-9-12-17-37)41-28-32-44-48(34-41)55(2,3)50-46-20-15-21-47-51-54(59(52(46)47)53(44)50)45-33-29-42(35-49(45)56(51,4)5)58(38-18-13-10-14-19-38)40-26-30-43(31-27-40)60(6,7)8/h9-35H,1-8H3/i9D,10D. The summed E-state index contributed by atoms with van der Waals surface area (Å²) in [6.45, 7) is 18.9. The van der Waals surface area contributed by atoms with E-state index < -0.39 is 8.07 Å². The van der Waals surface area contributed by atoms with Crippen molar-refractivity contribution in [3.05, 3.63) is 192 Å². The highest BCUT2D eigenvalue weighted by Gasteiger charge is 2.46. The third kappa shape index (κ3) is 5.20. The van der Waals surface area contributed by atoms with E-state index in [1.165, 1.54) is 71.8 Å². The molecule has 0 unspecified atom stereocenters. The quantitative estimate of drug-likeness (QED) is 0.149. The molecule has 0 saturated carbocycles. The predicted molar refractivity (Wildman–Crippen MR) is 258 cm³/mol. The van der Waals surface area contributed by atoms with Gasteiger partial charge in [0.2, 0.25) is 0 Å². The molecule has 0 aliphatic heterocycles. The Balaban J connectivity index is 1.10. The number of aromatic nitrogens is 1. The van der Waals surface area contributed by atoms with Crippen LogP contribution in [0.3, 0.4) is 0 Å². The van der Waals surface area contributed by atoms with E-state index in [2.05, 4.69) is 196 Å². The van der Waals surface area contributed by atoms with Crippen molar-refractivity contribution in [3.8, 4) is 22.5 Å². The van der Waals surface area contributed by atoms with Crippen LogP contribution in [-0.4, -0.2) is 12.5 Å². The zero-order valence-electron chi connectivity index (χ0n) is 37.8. The van der Waals surface area contributed by atoms with Gasteiger partial charge in [0.05, 0.1) is 27.7 Å². The summed E-state index contributed by atoms with van der Waals surface area (Å²) in [5.74, 6) is 0. The van der Waals surface area contributed by atoms with E-state index in [0.29, 0.717) is 12.1 Å². The van der Waals surface area contributed by atoms with Crippen molar-refractivity contribution in [2.24, 2.45) is 0 Å².